The Labute approximate surface area is 184 Å². The number of guanidine groups is 1. The van der Waals surface area contributed by atoms with E-state index in [2.05, 4.69) is 68.8 Å². The number of aliphatic imine (C=N–C) groups is 1. The lowest BCUT2D eigenvalue weighted by Crippen LogP contribution is -2.39. The molecule has 0 spiro atoms. The fourth-order valence-corrected chi connectivity index (χ4v) is 4.01. The minimum absolute atomic E-state index is 0.541. The number of hydrogen-bond acceptors (Lipinski definition) is 3. The third kappa shape index (κ3) is 6.18. The van der Waals surface area contributed by atoms with Crippen molar-refractivity contribution in [3.63, 3.8) is 0 Å². The van der Waals surface area contributed by atoms with E-state index in [1.165, 1.54) is 16.7 Å². The van der Waals surface area contributed by atoms with Crippen molar-refractivity contribution in [2.24, 2.45) is 10.9 Å². The van der Waals surface area contributed by atoms with Gasteiger partial charge in [-0.25, -0.2) is 0 Å². The minimum Gasteiger partial charge on any atom is -0.376 e. The first-order valence-electron chi connectivity index (χ1n) is 10.9. The maximum atomic E-state index is 5.96. The molecule has 6 nitrogen and oxygen atoms in total. The van der Waals surface area contributed by atoms with Gasteiger partial charge in [0.05, 0.1) is 19.8 Å². The highest BCUT2D eigenvalue weighted by molar-refractivity contribution is 5.80. The van der Waals surface area contributed by atoms with Crippen molar-refractivity contribution < 1.29 is 4.74 Å². The van der Waals surface area contributed by atoms with Gasteiger partial charge in [0.2, 0.25) is 0 Å². The van der Waals surface area contributed by atoms with Crippen LogP contribution in [0.4, 0.5) is 0 Å². The zero-order chi connectivity index (χ0) is 21.3. The predicted octanol–water partition coefficient (Wildman–Crippen LogP) is 3.55. The van der Waals surface area contributed by atoms with E-state index in [1.54, 1.807) is 0 Å². The number of nitrogens with one attached hydrogen (secondary N) is 1. The zero-order valence-electron chi connectivity index (χ0n) is 18.2. The summed E-state index contributed by atoms with van der Waals surface area (Å²) in [5.74, 6) is 1.50. The Morgan fingerprint density at radius 3 is 2.74 bits per heavy atom. The topological polar surface area (TPSA) is 54.7 Å². The standard InChI is InChI=1S/C25H31N5O/c1-26-25(27-16-22-9-5-10-23(15-22)18-30-13-6-12-28-30)29-14-11-24(17-29)20-31-19-21-7-3-2-4-8-21/h2-10,12-13,15,24H,11,14,16-20H2,1H3,(H,26,27). The fourth-order valence-electron chi connectivity index (χ4n) is 4.01. The molecule has 1 aromatic heterocycles. The SMILES string of the molecule is CN=C(NCc1cccc(Cn2cccn2)c1)N1CCC(COCc2ccccc2)C1. The Balaban J connectivity index is 1.23. The molecule has 0 bridgehead atoms. The third-order valence-electron chi connectivity index (χ3n) is 5.61. The van der Waals surface area contributed by atoms with Crippen LogP contribution in [0.1, 0.15) is 23.1 Å². The van der Waals surface area contributed by atoms with Gasteiger partial charge in [-0.05, 0) is 29.2 Å². The lowest BCUT2D eigenvalue weighted by Gasteiger charge is -2.22. The molecule has 1 fully saturated rings. The van der Waals surface area contributed by atoms with Crippen molar-refractivity contribution in [2.45, 2.75) is 26.1 Å². The summed E-state index contributed by atoms with van der Waals surface area (Å²) in [5.41, 5.74) is 3.71. The molecule has 1 N–H and O–H groups in total. The van der Waals surface area contributed by atoms with Gasteiger partial charge < -0.3 is 15.0 Å². The summed E-state index contributed by atoms with van der Waals surface area (Å²) >= 11 is 0. The summed E-state index contributed by atoms with van der Waals surface area (Å²) in [6.07, 6.45) is 4.93. The number of ether oxygens (including phenoxy) is 1. The average molecular weight is 418 g/mol. The van der Waals surface area contributed by atoms with Gasteiger partial charge in [-0.15, -0.1) is 0 Å². The third-order valence-corrected chi connectivity index (χ3v) is 5.61. The highest BCUT2D eigenvalue weighted by Crippen LogP contribution is 2.17. The lowest BCUT2D eigenvalue weighted by molar-refractivity contribution is 0.0906. The van der Waals surface area contributed by atoms with E-state index in [0.717, 1.165) is 45.2 Å². The van der Waals surface area contributed by atoms with Gasteiger partial charge in [-0.1, -0.05) is 54.6 Å². The molecule has 2 heterocycles. The second-order valence-corrected chi connectivity index (χ2v) is 8.03. The van der Waals surface area contributed by atoms with Crippen LogP contribution in [0.5, 0.6) is 0 Å². The smallest absolute Gasteiger partial charge is 0.193 e. The molecule has 0 amide bonds. The minimum atomic E-state index is 0.541. The average Bonchev–Trinajstić information content (AvgIpc) is 3.48. The summed E-state index contributed by atoms with van der Waals surface area (Å²) < 4.78 is 7.90. The monoisotopic (exact) mass is 417 g/mol. The summed E-state index contributed by atoms with van der Waals surface area (Å²) in [6, 6.07) is 20.9. The predicted molar refractivity (Wildman–Crippen MR) is 124 cm³/mol. The molecule has 0 radical (unpaired) electrons. The zero-order valence-corrected chi connectivity index (χ0v) is 18.2. The maximum Gasteiger partial charge on any atom is 0.193 e. The van der Waals surface area contributed by atoms with E-state index in [1.807, 2.05) is 36.3 Å². The number of hydrogen-bond donors (Lipinski definition) is 1. The van der Waals surface area contributed by atoms with Gasteiger partial charge >= 0.3 is 0 Å². The second-order valence-electron chi connectivity index (χ2n) is 8.03. The fraction of sp³-hybridized carbons (Fsp3) is 0.360. The molecule has 2 aromatic carbocycles. The van der Waals surface area contributed by atoms with E-state index in [4.69, 9.17) is 4.74 Å². The number of rotatable bonds is 8. The molecule has 1 saturated heterocycles. The van der Waals surface area contributed by atoms with Gasteiger partial charge in [-0.2, -0.15) is 5.10 Å². The Morgan fingerprint density at radius 2 is 1.94 bits per heavy atom. The molecule has 1 atom stereocenters. The summed E-state index contributed by atoms with van der Waals surface area (Å²) in [7, 11) is 1.86. The first kappa shape index (κ1) is 21.1. The summed E-state index contributed by atoms with van der Waals surface area (Å²) in [5, 5.41) is 7.82. The molecule has 3 aromatic rings. The van der Waals surface area contributed by atoms with Crippen LogP contribution in [0.15, 0.2) is 78.0 Å². The second kappa shape index (κ2) is 10.8. The number of benzene rings is 2. The van der Waals surface area contributed by atoms with Crippen LogP contribution < -0.4 is 5.32 Å². The van der Waals surface area contributed by atoms with Crippen molar-refractivity contribution in [3.05, 3.63) is 89.7 Å². The molecular weight excluding hydrogens is 386 g/mol. The molecular formula is C25H31N5O. The van der Waals surface area contributed by atoms with Crippen LogP contribution in [-0.4, -0.2) is 47.4 Å². The van der Waals surface area contributed by atoms with Gasteiger partial charge in [0.1, 0.15) is 0 Å². The van der Waals surface area contributed by atoms with Gasteiger partial charge in [0, 0.05) is 45.0 Å². The number of aromatic nitrogens is 2. The van der Waals surface area contributed by atoms with E-state index >= 15 is 0 Å². The van der Waals surface area contributed by atoms with Crippen molar-refractivity contribution in [1.82, 2.24) is 20.0 Å². The Bertz CT molecular complexity index is 955. The highest BCUT2D eigenvalue weighted by Gasteiger charge is 2.24. The van der Waals surface area contributed by atoms with Crippen LogP contribution in [0.2, 0.25) is 0 Å². The Morgan fingerprint density at radius 1 is 1.10 bits per heavy atom. The Hall–Kier alpha value is -3.12. The van der Waals surface area contributed by atoms with Crippen molar-refractivity contribution in [1.29, 1.82) is 0 Å². The Kier molecular flexibility index (Phi) is 7.34. The molecule has 6 heteroatoms. The highest BCUT2D eigenvalue weighted by atomic mass is 16.5. The molecule has 0 aliphatic carbocycles. The normalized spacial score (nSPS) is 16.6. The summed E-state index contributed by atoms with van der Waals surface area (Å²) in [4.78, 5) is 6.84. The number of nitrogens with zero attached hydrogens (tertiary/aromatic N) is 4. The molecule has 31 heavy (non-hydrogen) atoms. The molecule has 1 unspecified atom stereocenters. The van der Waals surface area contributed by atoms with Crippen LogP contribution in [0.25, 0.3) is 0 Å². The molecule has 0 saturated carbocycles. The van der Waals surface area contributed by atoms with E-state index in [9.17, 15) is 0 Å². The van der Waals surface area contributed by atoms with Crippen LogP contribution in [0.3, 0.4) is 0 Å². The largest absolute Gasteiger partial charge is 0.376 e. The van der Waals surface area contributed by atoms with Crippen LogP contribution >= 0.6 is 0 Å². The molecule has 1 aliphatic rings. The first-order valence-corrected chi connectivity index (χ1v) is 10.9. The van der Waals surface area contributed by atoms with Crippen molar-refractivity contribution in [2.75, 3.05) is 26.7 Å². The van der Waals surface area contributed by atoms with Crippen LogP contribution in [0, 0.1) is 5.92 Å². The van der Waals surface area contributed by atoms with E-state index < -0.39 is 0 Å². The quantitative estimate of drug-likeness (QED) is 0.450. The molecule has 162 valence electrons. The molecule has 1 aliphatic heterocycles. The van der Waals surface area contributed by atoms with Gasteiger partial charge in [0.15, 0.2) is 5.96 Å². The van der Waals surface area contributed by atoms with Crippen LogP contribution in [-0.2, 0) is 24.4 Å². The van der Waals surface area contributed by atoms with E-state index in [-0.39, 0.29) is 0 Å². The van der Waals surface area contributed by atoms with Gasteiger partial charge in [-0.3, -0.25) is 9.67 Å². The van der Waals surface area contributed by atoms with Gasteiger partial charge in [0.25, 0.3) is 0 Å². The molecule has 4 rings (SSSR count). The first-order chi connectivity index (χ1) is 15.3. The summed E-state index contributed by atoms with van der Waals surface area (Å²) in [6.45, 7) is 5.00. The number of likely N-dealkylation sites (tertiary alicyclic amines) is 1. The maximum absolute atomic E-state index is 5.96. The lowest BCUT2D eigenvalue weighted by atomic mass is 10.1. The van der Waals surface area contributed by atoms with Crippen molar-refractivity contribution >= 4 is 5.96 Å². The van der Waals surface area contributed by atoms with Crippen molar-refractivity contribution in [3.8, 4) is 0 Å². The van der Waals surface area contributed by atoms with E-state index in [0.29, 0.717) is 12.5 Å².